The number of nitrogens with one attached hydrogen (secondary N) is 2. The lowest BCUT2D eigenvalue weighted by Crippen LogP contribution is -2.24. The largest absolute Gasteiger partial charge is 0.496 e. The van der Waals surface area contributed by atoms with Crippen LogP contribution in [0.1, 0.15) is 23.0 Å². The summed E-state index contributed by atoms with van der Waals surface area (Å²) in [6, 6.07) is 23.9. The molecule has 1 aromatic heterocycles. The number of para-hydroxylation sites is 1. The summed E-state index contributed by atoms with van der Waals surface area (Å²) in [7, 11) is 1.59. The molecule has 4 aromatic rings. The zero-order valence-corrected chi connectivity index (χ0v) is 18.3. The average Bonchev–Trinajstić information content (AvgIpc) is 3.29. The van der Waals surface area contributed by atoms with Crippen molar-refractivity contribution in [1.82, 2.24) is 10.3 Å². The number of carbonyl (C=O) groups is 2. The Morgan fingerprint density at radius 3 is 2.30 bits per heavy atom. The van der Waals surface area contributed by atoms with Gasteiger partial charge in [-0.05, 0) is 42.5 Å². The highest BCUT2D eigenvalue weighted by molar-refractivity contribution is 5.98. The maximum Gasteiger partial charge on any atom is 0.274 e. The van der Waals surface area contributed by atoms with Crippen molar-refractivity contribution in [3.63, 3.8) is 0 Å². The SMILES string of the molecule is COc1ccccc1CNC(=O)c1nc(-c2ccccc2)oc1-c1ccc(NC(C)=O)cc1. The first-order valence-corrected chi connectivity index (χ1v) is 10.4. The monoisotopic (exact) mass is 441 g/mol. The van der Waals surface area contributed by atoms with Crippen LogP contribution in [0.25, 0.3) is 22.8 Å². The number of carbonyl (C=O) groups excluding carboxylic acids is 2. The summed E-state index contributed by atoms with van der Waals surface area (Å²) >= 11 is 0. The molecule has 3 aromatic carbocycles. The van der Waals surface area contributed by atoms with Crippen molar-refractivity contribution in [2.75, 3.05) is 12.4 Å². The van der Waals surface area contributed by atoms with Crippen molar-refractivity contribution in [3.05, 3.63) is 90.1 Å². The van der Waals surface area contributed by atoms with Crippen molar-refractivity contribution >= 4 is 17.5 Å². The molecule has 0 aliphatic heterocycles. The fourth-order valence-corrected chi connectivity index (χ4v) is 3.39. The average molecular weight is 441 g/mol. The number of oxazole rings is 1. The van der Waals surface area contributed by atoms with E-state index in [0.29, 0.717) is 28.7 Å². The Labute approximate surface area is 191 Å². The Hall–Kier alpha value is -4.39. The summed E-state index contributed by atoms with van der Waals surface area (Å²) < 4.78 is 11.4. The number of ether oxygens (including phenoxy) is 1. The van der Waals surface area contributed by atoms with Gasteiger partial charge in [-0.2, -0.15) is 0 Å². The predicted molar refractivity (Wildman–Crippen MR) is 126 cm³/mol. The highest BCUT2D eigenvalue weighted by Gasteiger charge is 2.22. The molecule has 4 rings (SSSR count). The minimum atomic E-state index is -0.368. The molecule has 2 amide bonds. The zero-order valence-electron chi connectivity index (χ0n) is 18.3. The molecular formula is C26H23N3O4. The van der Waals surface area contributed by atoms with Gasteiger partial charge >= 0.3 is 0 Å². The molecule has 0 spiro atoms. The molecule has 0 aliphatic rings. The van der Waals surface area contributed by atoms with Crippen LogP contribution in [0.2, 0.25) is 0 Å². The first kappa shape index (κ1) is 21.8. The van der Waals surface area contributed by atoms with E-state index < -0.39 is 0 Å². The number of anilines is 1. The van der Waals surface area contributed by atoms with Gasteiger partial charge in [-0.25, -0.2) is 4.98 Å². The van der Waals surface area contributed by atoms with E-state index in [4.69, 9.17) is 9.15 Å². The Kier molecular flexibility index (Phi) is 6.50. The van der Waals surface area contributed by atoms with Crippen LogP contribution in [0.15, 0.2) is 83.3 Å². The van der Waals surface area contributed by atoms with Gasteiger partial charge < -0.3 is 19.8 Å². The molecule has 2 N–H and O–H groups in total. The maximum atomic E-state index is 13.1. The summed E-state index contributed by atoms with van der Waals surface area (Å²) in [4.78, 5) is 28.9. The molecule has 0 saturated carbocycles. The van der Waals surface area contributed by atoms with Crippen LogP contribution in [-0.4, -0.2) is 23.9 Å². The van der Waals surface area contributed by atoms with Crippen molar-refractivity contribution in [1.29, 1.82) is 0 Å². The Balaban J connectivity index is 1.66. The molecule has 7 nitrogen and oxygen atoms in total. The zero-order chi connectivity index (χ0) is 23.2. The fraction of sp³-hybridized carbons (Fsp3) is 0.115. The van der Waals surface area contributed by atoms with Crippen molar-refractivity contribution in [3.8, 4) is 28.5 Å². The first-order valence-electron chi connectivity index (χ1n) is 10.4. The summed E-state index contributed by atoms with van der Waals surface area (Å²) in [6.45, 7) is 1.72. The molecular weight excluding hydrogens is 418 g/mol. The summed E-state index contributed by atoms with van der Waals surface area (Å²) in [6.07, 6.45) is 0. The van der Waals surface area contributed by atoms with E-state index in [1.807, 2.05) is 54.6 Å². The minimum Gasteiger partial charge on any atom is -0.496 e. The maximum absolute atomic E-state index is 13.1. The van der Waals surface area contributed by atoms with Crippen LogP contribution in [0.5, 0.6) is 5.75 Å². The van der Waals surface area contributed by atoms with Crippen LogP contribution in [0, 0.1) is 0 Å². The van der Waals surface area contributed by atoms with Crippen molar-refractivity contribution in [2.24, 2.45) is 0 Å². The number of hydrogen-bond donors (Lipinski definition) is 2. The van der Waals surface area contributed by atoms with E-state index in [-0.39, 0.29) is 24.1 Å². The number of amides is 2. The van der Waals surface area contributed by atoms with Gasteiger partial charge in [-0.15, -0.1) is 0 Å². The van der Waals surface area contributed by atoms with Crippen LogP contribution >= 0.6 is 0 Å². The molecule has 0 fully saturated rings. The van der Waals surface area contributed by atoms with E-state index >= 15 is 0 Å². The van der Waals surface area contributed by atoms with Gasteiger partial charge in [-0.1, -0.05) is 36.4 Å². The van der Waals surface area contributed by atoms with Gasteiger partial charge in [0, 0.05) is 35.8 Å². The number of methoxy groups -OCH3 is 1. The standard InChI is InChI=1S/C26H23N3O4/c1-17(30)28-21-14-12-18(13-15-21)24-23(29-26(33-24)19-8-4-3-5-9-19)25(31)27-16-20-10-6-7-11-22(20)32-2/h3-15H,16H2,1-2H3,(H,27,31)(H,28,30). The van der Waals surface area contributed by atoms with E-state index in [0.717, 1.165) is 11.1 Å². The second-order valence-electron chi connectivity index (χ2n) is 7.32. The first-order chi connectivity index (χ1) is 16.0. The van der Waals surface area contributed by atoms with Gasteiger partial charge in [0.1, 0.15) is 5.75 Å². The molecule has 7 heteroatoms. The fourth-order valence-electron chi connectivity index (χ4n) is 3.39. The number of nitrogens with zero attached hydrogens (tertiary/aromatic N) is 1. The highest BCUT2D eigenvalue weighted by Crippen LogP contribution is 2.31. The van der Waals surface area contributed by atoms with Gasteiger partial charge in [0.05, 0.1) is 7.11 Å². The van der Waals surface area contributed by atoms with E-state index in [9.17, 15) is 9.59 Å². The number of aromatic nitrogens is 1. The Morgan fingerprint density at radius 1 is 0.909 bits per heavy atom. The quantitative estimate of drug-likeness (QED) is 0.425. The van der Waals surface area contributed by atoms with E-state index in [1.165, 1.54) is 6.92 Å². The third kappa shape index (κ3) is 5.10. The normalized spacial score (nSPS) is 10.5. The van der Waals surface area contributed by atoms with Gasteiger partial charge in [0.15, 0.2) is 11.5 Å². The molecule has 0 aliphatic carbocycles. The minimum absolute atomic E-state index is 0.162. The van der Waals surface area contributed by atoms with Crippen LogP contribution < -0.4 is 15.4 Å². The lowest BCUT2D eigenvalue weighted by molar-refractivity contribution is -0.114. The van der Waals surface area contributed by atoms with Gasteiger partial charge in [0.25, 0.3) is 5.91 Å². The molecule has 0 atom stereocenters. The Morgan fingerprint density at radius 2 is 1.61 bits per heavy atom. The van der Waals surface area contributed by atoms with Crippen LogP contribution in [-0.2, 0) is 11.3 Å². The van der Waals surface area contributed by atoms with Crippen molar-refractivity contribution < 1.29 is 18.7 Å². The lowest BCUT2D eigenvalue weighted by atomic mass is 10.1. The summed E-state index contributed by atoms with van der Waals surface area (Å²) in [5, 5.41) is 5.63. The van der Waals surface area contributed by atoms with Crippen LogP contribution in [0.4, 0.5) is 5.69 Å². The van der Waals surface area contributed by atoms with E-state index in [2.05, 4.69) is 15.6 Å². The molecule has 0 bridgehead atoms. The second kappa shape index (κ2) is 9.82. The summed E-state index contributed by atoms with van der Waals surface area (Å²) in [5.74, 6) is 0.856. The number of benzene rings is 3. The molecule has 1 heterocycles. The third-order valence-corrected chi connectivity index (χ3v) is 4.96. The van der Waals surface area contributed by atoms with Crippen molar-refractivity contribution in [2.45, 2.75) is 13.5 Å². The molecule has 0 unspecified atom stereocenters. The highest BCUT2D eigenvalue weighted by atomic mass is 16.5. The van der Waals surface area contributed by atoms with Crippen LogP contribution in [0.3, 0.4) is 0 Å². The molecule has 0 radical (unpaired) electrons. The number of hydrogen-bond acceptors (Lipinski definition) is 5. The van der Waals surface area contributed by atoms with Gasteiger partial charge in [-0.3, -0.25) is 9.59 Å². The molecule has 166 valence electrons. The molecule has 0 saturated heterocycles. The molecule has 33 heavy (non-hydrogen) atoms. The third-order valence-electron chi connectivity index (χ3n) is 4.96. The smallest absolute Gasteiger partial charge is 0.274 e. The van der Waals surface area contributed by atoms with E-state index in [1.54, 1.807) is 31.4 Å². The number of rotatable bonds is 7. The summed E-state index contributed by atoms with van der Waals surface area (Å²) in [5.41, 5.74) is 3.10. The second-order valence-corrected chi connectivity index (χ2v) is 7.32. The Bertz CT molecular complexity index is 1260. The topological polar surface area (TPSA) is 93.5 Å². The van der Waals surface area contributed by atoms with Gasteiger partial charge in [0.2, 0.25) is 11.8 Å². The lowest BCUT2D eigenvalue weighted by Gasteiger charge is -2.09. The predicted octanol–water partition coefficient (Wildman–Crippen LogP) is 4.91.